The van der Waals surface area contributed by atoms with Crippen molar-refractivity contribution < 1.29 is 30.0 Å². The number of hydrogen-bond donors (Lipinski definition) is 4. The molecule has 0 bridgehead atoms. The van der Waals surface area contributed by atoms with E-state index in [9.17, 15) is 4.79 Å². The van der Waals surface area contributed by atoms with Crippen LogP contribution >= 0.6 is 12.4 Å². The zero-order valence-electron chi connectivity index (χ0n) is 8.47. The molecule has 0 aromatic rings. The SMILES string of the molecule is C1=NCCO1.Cl.O=CC(O)C(O)C(O)CO. The molecule has 0 radical (unpaired) electrons. The maximum absolute atomic E-state index is 9.76. The summed E-state index contributed by atoms with van der Waals surface area (Å²) in [4.78, 5) is 13.5. The van der Waals surface area contributed by atoms with E-state index >= 15 is 0 Å². The molecule has 1 heterocycles. The first kappa shape index (κ1) is 17.7. The van der Waals surface area contributed by atoms with Crippen LogP contribution < -0.4 is 0 Å². The predicted octanol–water partition coefficient (Wildman–Crippen LogP) is -2.27. The Morgan fingerprint density at radius 3 is 2.31 bits per heavy atom. The lowest BCUT2D eigenvalue weighted by Gasteiger charge is -2.16. The number of aliphatic imine (C=N–C) groups is 1. The normalized spacial score (nSPS) is 18.2. The van der Waals surface area contributed by atoms with Gasteiger partial charge in [0.2, 0.25) is 0 Å². The van der Waals surface area contributed by atoms with Crippen molar-refractivity contribution in [3.63, 3.8) is 0 Å². The fourth-order valence-corrected chi connectivity index (χ4v) is 0.680. The number of carbonyl (C=O) groups is 1. The number of aliphatic hydroxyl groups is 4. The van der Waals surface area contributed by atoms with E-state index < -0.39 is 24.9 Å². The zero-order chi connectivity index (χ0) is 11.7. The van der Waals surface area contributed by atoms with Gasteiger partial charge in [0.25, 0.3) is 0 Å². The topological polar surface area (TPSA) is 120 Å². The Kier molecular flexibility index (Phi) is 11.9. The van der Waals surface area contributed by atoms with Crippen LogP contribution in [0.3, 0.4) is 0 Å². The van der Waals surface area contributed by atoms with E-state index in [0.29, 0.717) is 0 Å². The highest BCUT2D eigenvalue weighted by atomic mass is 35.5. The van der Waals surface area contributed by atoms with E-state index in [1.807, 2.05) is 0 Å². The van der Waals surface area contributed by atoms with Crippen molar-refractivity contribution >= 4 is 25.1 Å². The summed E-state index contributed by atoms with van der Waals surface area (Å²) < 4.78 is 4.65. The second-order valence-corrected chi connectivity index (χ2v) is 2.75. The molecular weight excluding hydrogens is 242 g/mol. The molecular formula is C8H16ClNO6. The lowest BCUT2D eigenvalue weighted by molar-refractivity contribution is -0.127. The Morgan fingerprint density at radius 2 is 2.06 bits per heavy atom. The number of halogens is 1. The lowest BCUT2D eigenvalue weighted by Crippen LogP contribution is -2.40. The van der Waals surface area contributed by atoms with Gasteiger partial charge in [0.1, 0.15) is 24.9 Å². The summed E-state index contributed by atoms with van der Waals surface area (Å²) in [6.07, 6.45) is -3.14. The summed E-state index contributed by atoms with van der Waals surface area (Å²) in [5.74, 6) is 0. The van der Waals surface area contributed by atoms with Crippen LogP contribution in [0.5, 0.6) is 0 Å². The van der Waals surface area contributed by atoms with Gasteiger partial charge in [0.15, 0.2) is 12.7 Å². The Balaban J connectivity index is 0. The first-order valence-electron chi connectivity index (χ1n) is 4.33. The minimum atomic E-state index is -1.64. The molecule has 16 heavy (non-hydrogen) atoms. The third-order valence-electron chi connectivity index (χ3n) is 1.56. The Bertz CT molecular complexity index is 197. The molecule has 0 spiro atoms. The quantitative estimate of drug-likeness (QED) is 0.422. The van der Waals surface area contributed by atoms with Gasteiger partial charge >= 0.3 is 0 Å². The highest BCUT2D eigenvalue weighted by Gasteiger charge is 2.22. The maximum atomic E-state index is 9.76. The minimum Gasteiger partial charge on any atom is -0.482 e. The minimum absolute atomic E-state index is 0. The highest BCUT2D eigenvalue weighted by Crippen LogP contribution is 1.96. The number of nitrogens with zero attached hydrogens (tertiary/aromatic N) is 1. The maximum Gasteiger partial charge on any atom is 0.169 e. The van der Waals surface area contributed by atoms with Crippen molar-refractivity contribution in [1.82, 2.24) is 0 Å². The van der Waals surface area contributed by atoms with Gasteiger partial charge in [-0.3, -0.25) is 4.99 Å². The lowest BCUT2D eigenvalue weighted by atomic mass is 10.1. The number of aldehydes is 1. The summed E-state index contributed by atoms with van der Waals surface area (Å²) in [6.45, 7) is 0.937. The second-order valence-electron chi connectivity index (χ2n) is 2.75. The van der Waals surface area contributed by atoms with Gasteiger partial charge in [-0.05, 0) is 0 Å². The molecule has 0 aromatic carbocycles. The number of hydrogen-bond acceptors (Lipinski definition) is 7. The van der Waals surface area contributed by atoms with Gasteiger partial charge in [0, 0.05) is 0 Å². The molecule has 1 rings (SSSR count). The molecule has 0 saturated heterocycles. The molecule has 1 aliphatic rings. The molecule has 0 fully saturated rings. The monoisotopic (exact) mass is 257 g/mol. The van der Waals surface area contributed by atoms with Gasteiger partial charge in [-0.15, -0.1) is 12.4 Å². The molecule has 0 aromatic heterocycles. The van der Waals surface area contributed by atoms with Crippen LogP contribution in [0.2, 0.25) is 0 Å². The average Bonchev–Trinajstić information content (AvgIpc) is 2.84. The summed E-state index contributed by atoms with van der Waals surface area (Å²) in [5.41, 5.74) is 0. The van der Waals surface area contributed by atoms with Crippen LogP contribution in [0.1, 0.15) is 0 Å². The third-order valence-corrected chi connectivity index (χ3v) is 1.56. The average molecular weight is 258 g/mol. The summed E-state index contributed by atoms with van der Waals surface area (Å²) >= 11 is 0. The van der Waals surface area contributed by atoms with Crippen LogP contribution in [0, 0.1) is 0 Å². The van der Waals surface area contributed by atoms with Crippen molar-refractivity contribution in [3.8, 4) is 0 Å². The van der Waals surface area contributed by atoms with E-state index in [-0.39, 0.29) is 18.7 Å². The Hall–Kier alpha value is -0.730. The van der Waals surface area contributed by atoms with E-state index in [2.05, 4.69) is 9.73 Å². The molecule has 8 heteroatoms. The molecule has 0 aliphatic carbocycles. The number of carbonyl (C=O) groups excluding carboxylic acids is 1. The molecule has 96 valence electrons. The van der Waals surface area contributed by atoms with Crippen LogP contribution in [0.25, 0.3) is 0 Å². The molecule has 7 nitrogen and oxygen atoms in total. The van der Waals surface area contributed by atoms with E-state index in [1.165, 1.54) is 6.40 Å². The predicted molar refractivity (Wildman–Crippen MR) is 57.7 cm³/mol. The fourth-order valence-electron chi connectivity index (χ4n) is 0.680. The van der Waals surface area contributed by atoms with Crippen LogP contribution in [0.15, 0.2) is 4.99 Å². The molecule has 1 aliphatic heterocycles. The Morgan fingerprint density at radius 1 is 1.44 bits per heavy atom. The summed E-state index contributed by atoms with van der Waals surface area (Å²) in [6, 6.07) is 0. The van der Waals surface area contributed by atoms with Crippen molar-refractivity contribution in [3.05, 3.63) is 0 Å². The number of rotatable bonds is 4. The van der Waals surface area contributed by atoms with Gasteiger partial charge in [-0.2, -0.15) is 0 Å². The van der Waals surface area contributed by atoms with Gasteiger partial charge in [0.05, 0.1) is 13.2 Å². The van der Waals surface area contributed by atoms with Gasteiger partial charge in [-0.25, -0.2) is 0 Å². The molecule has 3 atom stereocenters. The van der Waals surface area contributed by atoms with Crippen LogP contribution in [-0.2, 0) is 9.53 Å². The summed E-state index contributed by atoms with van der Waals surface area (Å²) in [7, 11) is 0. The first-order valence-corrected chi connectivity index (χ1v) is 4.33. The molecule has 0 saturated carbocycles. The van der Waals surface area contributed by atoms with Crippen LogP contribution in [-0.4, -0.2) is 71.2 Å². The number of aliphatic hydroxyl groups excluding tert-OH is 4. The van der Waals surface area contributed by atoms with E-state index in [1.54, 1.807) is 0 Å². The van der Waals surface area contributed by atoms with Crippen LogP contribution in [0.4, 0.5) is 0 Å². The number of ether oxygens (including phenoxy) is 1. The smallest absolute Gasteiger partial charge is 0.169 e. The summed E-state index contributed by atoms with van der Waals surface area (Å²) in [5, 5.41) is 34.1. The highest BCUT2D eigenvalue weighted by molar-refractivity contribution is 5.85. The molecule has 4 N–H and O–H groups in total. The van der Waals surface area contributed by atoms with Gasteiger partial charge < -0.3 is 30.0 Å². The van der Waals surface area contributed by atoms with Crippen molar-refractivity contribution in [2.45, 2.75) is 18.3 Å². The Labute approximate surface area is 98.8 Å². The van der Waals surface area contributed by atoms with Crippen molar-refractivity contribution in [2.75, 3.05) is 19.8 Å². The third kappa shape index (κ3) is 7.55. The largest absolute Gasteiger partial charge is 0.482 e. The van der Waals surface area contributed by atoms with E-state index in [0.717, 1.165) is 13.2 Å². The van der Waals surface area contributed by atoms with Crippen molar-refractivity contribution in [2.24, 2.45) is 4.99 Å². The molecule has 0 amide bonds. The van der Waals surface area contributed by atoms with Gasteiger partial charge in [-0.1, -0.05) is 0 Å². The second kappa shape index (κ2) is 10.8. The van der Waals surface area contributed by atoms with E-state index in [4.69, 9.17) is 20.4 Å². The van der Waals surface area contributed by atoms with Crippen molar-refractivity contribution in [1.29, 1.82) is 0 Å². The zero-order valence-corrected chi connectivity index (χ0v) is 9.29. The molecule has 3 unspecified atom stereocenters. The first-order chi connectivity index (χ1) is 7.13. The fraction of sp³-hybridized carbons (Fsp3) is 0.750. The standard InChI is InChI=1S/C5H10O5.C3H5NO.ClH/c6-1-3(8)5(10)4(9)2-7;1-2-5-3-4-1;/h1,3-5,7-10H,2H2;3H,1-2H2;1H.